The fourth-order valence-electron chi connectivity index (χ4n) is 3.12. The summed E-state index contributed by atoms with van der Waals surface area (Å²) >= 11 is 3.51. The summed E-state index contributed by atoms with van der Waals surface area (Å²) in [4.78, 5) is 0. The Kier molecular flexibility index (Phi) is 5.30. The third kappa shape index (κ3) is 3.51. The topological polar surface area (TPSA) is 39.9 Å². The fraction of sp³-hybridized carbons (Fsp3) is 0.263. The predicted molar refractivity (Wildman–Crippen MR) is 98.3 cm³/mol. The van der Waals surface area contributed by atoms with Crippen LogP contribution < -0.4 is 4.74 Å². The summed E-state index contributed by atoms with van der Waals surface area (Å²) in [5.41, 5.74) is 2.51. The summed E-state index contributed by atoms with van der Waals surface area (Å²) in [6.07, 6.45) is 4.59. The summed E-state index contributed by atoms with van der Waals surface area (Å²) in [7, 11) is 1.68. The zero-order chi connectivity index (χ0) is 16.9. The summed E-state index contributed by atoms with van der Waals surface area (Å²) in [6.45, 7) is 2.22. The molecule has 1 aromatic heterocycles. The van der Waals surface area contributed by atoms with Crippen LogP contribution in [0.5, 0.6) is 5.75 Å². The Morgan fingerprint density at radius 2 is 1.54 bits per heavy atom. The van der Waals surface area contributed by atoms with E-state index < -0.39 is 0 Å². The van der Waals surface area contributed by atoms with Crippen molar-refractivity contribution in [1.29, 1.82) is 0 Å². The lowest BCUT2D eigenvalue weighted by molar-refractivity contribution is 0.413. The van der Waals surface area contributed by atoms with E-state index in [0.29, 0.717) is 5.92 Å². The monoisotopic (exact) mass is 385 g/mol. The van der Waals surface area contributed by atoms with Crippen molar-refractivity contribution in [2.24, 2.45) is 0 Å². The fourth-order valence-corrected chi connectivity index (χ4v) is 3.38. The highest BCUT2D eigenvalue weighted by molar-refractivity contribution is 9.10. The summed E-state index contributed by atoms with van der Waals surface area (Å²) in [5.74, 6) is 1.18. The van der Waals surface area contributed by atoms with Crippen LogP contribution in [0.4, 0.5) is 0 Å². The summed E-state index contributed by atoms with van der Waals surface area (Å²) in [6, 6.07) is 16.9. The number of benzene rings is 2. The molecular weight excluding hydrogens is 366 g/mol. The molecule has 2 atom stereocenters. The Hall–Kier alpha value is -2.14. The van der Waals surface area contributed by atoms with E-state index in [9.17, 15) is 0 Å². The number of rotatable bonds is 6. The van der Waals surface area contributed by atoms with E-state index in [0.717, 1.165) is 16.6 Å². The average Bonchev–Trinajstić information content (AvgIpc) is 3.15. The van der Waals surface area contributed by atoms with Gasteiger partial charge in [0.05, 0.1) is 13.2 Å². The molecule has 4 nitrogen and oxygen atoms in total. The minimum Gasteiger partial charge on any atom is -0.497 e. The van der Waals surface area contributed by atoms with Gasteiger partial charge in [-0.15, -0.1) is 10.2 Å². The van der Waals surface area contributed by atoms with Gasteiger partial charge in [0.2, 0.25) is 0 Å². The van der Waals surface area contributed by atoms with Gasteiger partial charge in [0.25, 0.3) is 0 Å². The normalized spacial score (nSPS) is 13.5. The molecule has 0 amide bonds. The van der Waals surface area contributed by atoms with Gasteiger partial charge >= 0.3 is 0 Å². The van der Waals surface area contributed by atoms with Gasteiger partial charge in [-0.1, -0.05) is 47.1 Å². The van der Waals surface area contributed by atoms with Crippen LogP contribution in [-0.2, 0) is 0 Å². The number of aromatic nitrogens is 3. The highest BCUT2D eigenvalue weighted by atomic mass is 79.9. The quantitative estimate of drug-likeness (QED) is 0.609. The molecule has 2 unspecified atom stereocenters. The van der Waals surface area contributed by atoms with Crippen LogP contribution in [0.2, 0.25) is 0 Å². The molecule has 1 heterocycles. The third-order valence-corrected chi connectivity index (χ3v) is 4.86. The maximum Gasteiger partial charge on any atom is 0.119 e. The second kappa shape index (κ2) is 7.62. The van der Waals surface area contributed by atoms with Crippen LogP contribution in [0.15, 0.2) is 65.7 Å². The van der Waals surface area contributed by atoms with Gasteiger partial charge < -0.3 is 9.30 Å². The van der Waals surface area contributed by atoms with Crippen molar-refractivity contribution in [1.82, 2.24) is 14.8 Å². The Bertz CT molecular complexity index is 754. The molecular formula is C19H20BrN3O. The lowest BCUT2D eigenvalue weighted by Crippen LogP contribution is -2.18. The molecule has 24 heavy (non-hydrogen) atoms. The highest BCUT2D eigenvalue weighted by Crippen LogP contribution is 2.37. The van der Waals surface area contributed by atoms with E-state index in [1.54, 1.807) is 19.8 Å². The first kappa shape index (κ1) is 16.7. The summed E-state index contributed by atoms with van der Waals surface area (Å²) < 4.78 is 8.46. The van der Waals surface area contributed by atoms with Gasteiger partial charge in [-0.05, 0) is 41.8 Å². The molecule has 0 bridgehead atoms. The molecule has 0 aliphatic heterocycles. The molecule has 0 N–H and O–H groups in total. The van der Waals surface area contributed by atoms with Gasteiger partial charge in [-0.25, -0.2) is 0 Å². The average molecular weight is 386 g/mol. The first-order valence-electron chi connectivity index (χ1n) is 7.96. The Balaban J connectivity index is 2.04. The van der Waals surface area contributed by atoms with Crippen molar-refractivity contribution < 1.29 is 4.74 Å². The second-order valence-corrected chi connectivity index (χ2v) is 6.61. The van der Waals surface area contributed by atoms with E-state index >= 15 is 0 Å². The van der Waals surface area contributed by atoms with Crippen LogP contribution in [0.1, 0.15) is 36.4 Å². The molecule has 3 rings (SSSR count). The van der Waals surface area contributed by atoms with Gasteiger partial charge in [0.1, 0.15) is 18.4 Å². The third-order valence-electron chi connectivity index (χ3n) is 4.33. The minimum absolute atomic E-state index is 0.136. The molecule has 3 aromatic rings. The Morgan fingerprint density at radius 1 is 0.958 bits per heavy atom. The van der Waals surface area contributed by atoms with Crippen LogP contribution in [-0.4, -0.2) is 21.9 Å². The van der Waals surface area contributed by atoms with Crippen LogP contribution in [0, 0.1) is 0 Å². The number of hydrogen-bond donors (Lipinski definition) is 0. The van der Waals surface area contributed by atoms with Gasteiger partial charge in [0, 0.05) is 10.4 Å². The number of nitrogens with zero attached hydrogens (tertiary/aromatic N) is 3. The zero-order valence-corrected chi connectivity index (χ0v) is 15.3. The molecule has 0 saturated heterocycles. The minimum atomic E-state index is 0.136. The molecule has 0 fully saturated rings. The summed E-state index contributed by atoms with van der Waals surface area (Å²) in [5, 5.41) is 8.02. The number of ether oxygens (including phenoxy) is 1. The van der Waals surface area contributed by atoms with E-state index in [-0.39, 0.29) is 6.04 Å². The lowest BCUT2D eigenvalue weighted by atomic mass is 9.85. The van der Waals surface area contributed by atoms with Gasteiger partial charge in [-0.3, -0.25) is 0 Å². The molecule has 124 valence electrons. The molecule has 0 aliphatic rings. The second-order valence-electron chi connectivity index (χ2n) is 5.69. The van der Waals surface area contributed by atoms with Crippen molar-refractivity contribution in [3.8, 4) is 5.75 Å². The smallest absolute Gasteiger partial charge is 0.119 e. The van der Waals surface area contributed by atoms with E-state index in [4.69, 9.17) is 4.74 Å². The molecule has 2 aromatic carbocycles. The first-order chi connectivity index (χ1) is 11.7. The zero-order valence-electron chi connectivity index (χ0n) is 13.8. The standard InChI is InChI=1S/C19H20BrN3O/c1-3-18(14-4-8-16(20)9-5-14)19(23-12-21-22-13-23)15-6-10-17(24-2)11-7-15/h4-13,18-19H,3H2,1-2H3. The predicted octanol–water partition coefficient (Wildman–Crippen LogP) is 4.83. The molecule has 0 saturated carbocycles. The lowest BCUT2D eigenvalue weighted by Gasteiger charge is -2.28. The number of hydrogen-bond acceptors (Lipinski definition) is 3. The highest BCUT2D eigenvalue weighted by Gasteiger charge is 2.25. The Morgan fingerprint density at radius 3 is 2.08 bits per heavy atom. The van der Waals surface area contributed by atoms with Crippen molar-refractivity contribution >= 4 is 15.9 Å². The van der Waals surface area contributed by atoms with E-state index in [2.05, 4.69) is 74.0 Å². The van der Waals surface area contributed by atoms with E-state index in [1.165, 1.54) is 11.1 Å². The van der Waals surface area contributed by atoms with Crippen molar-refractivity contribution in [2.75, 3.05) is 7.11 Å². The maximum atomic E-state index is 5.29. The molecule has 0 spiro atoms. The first-order valence-corrected chi connectivity index (χ1v) is 8.75. The Labute approximate surface area is 150 Å². The SMILES string of the molecule is CCC(c1ccc(Br)cc1)C(c1ccc(OC)cc1)n1cnnc1. The molecule has 0 aliphatic carbocycles. The van der Waals surface area contributed by atoms with Crippen LogP contribution in [0.3, 0.4) is 0 Å². The largest absolute Gasteiger partial charge is 0.497 e. The molecule has 5 heteroatoms. The van der Waals surface area contributed by atoms with Crippen molar-refractivity contribution in [3.05, 3.63) is 76.8 Å². The van der Waals surface area contributed by atoms with Crippen molar-refractivity contribution in [2.45, 2.75) is 25.3 Å². The van der Waals surface area contributed by atoms with Crippen LogP contribution >= 0.6 is 15.9 Å². The number of halogens is 1. The van der Waals surface area contributed by atoms with Crippen LogP contribution in [0.25, 0.3) is 0 Å². The van der Waals surface area contributed by atoms with E-state index in [1.807, 2.05) is 12.1 Å². The van der Waals surface area contributed by atoms with Crippen molar-refractivity contribution in [3.63, 3.8) is 0 Å². The van der Waals surface area contributed by atoms with Gasteiger partial charge in [-0.2, -0.15) is 0 Å². The molecule has 0 radical (unpaired) electrons. The van der Waals surface area contributed by atoms with Gasteiger partial charge in [0.15, 0.2) is 0 Å². The maximum absolute atomic E-state index is 5.29. The number of methoxy groups -OCH3 is 1.